The quantitative estimate of drug-likeness (QED) is 0.0556. The number of aliphatic hydroxyl groups excluding tert-OH is 2. The van der Waals surface area contributed by atoms with Crippen molar-refractivity contribution in [3.05, 3.63) is 70.8 Å². The van der Waals surface area contributed by atoms with Crippen LogP contribution in [0.25, 0.3) is 43.1 Å². The molecule has 2 aliphatic rings. The Labute approximate surface area is 279 Å². The Hall–Kier alpha value is -4.40. The molecule has 1 atom stereocenters. The van der Waals surface area contributed by atoms with Crippen LogP contribution in [0, 0.1) is 0 Å². The zero-order valence-corrected chi connectivity index (χ0v) is 27.7. The van der Waals surface area contributed by atoms with E-state index in [1.807, 2.05) is 36.4 Å². The summed E-state index contributed by atoms with van der Waals surface area (Å²) in [5.74, 6) is -1.50. The first-order valence-electron chi connectivity index (χ1n) is 17.5. The molecule has 5 aromatic carbocycles. The van der Waals surface area contributed by atoms with E-state index in [0.29, 0.717) is 33.0 Å². The zero-order chi connectivity index (χ0) is 33.7. The Morgan fingerprint density at radius 3 is 1.31 bits per heavy atom. The minimum Gasteiger partial charge on any atom is -0.394 e. The Bertz CT molecular complexity index is 1970. The molecule has 2 N–H and O–H groups in total. The van der Waals surface area contributed by atoms with Gasteiger partial charge in [-0.1, -0.05) is 89.5 Å². The lowest BCUT2D eigenvalue weighted by atomic mass is 9.82. The summed E-state index contributed by atoms with van der Waals surface area (Å²) in [4.78, 5) is 58.3. The highest BCUT2D eigenvalue weighted by atomic mass is 16.3. The summed E-state index contributed by atoms with van der Waals surface area (Å²) in [6.45, 7) is 3.49. The van der Waals surface area contributed by atoms with Crippen LogP contribution in [0.3, 0.4) is 0 Å². The first-order valence-corrected chi connectivity index (χ1v) is 17.5. The van der Waals surface area contributed by atoms with E-state index in [1.54, 1.807) is 17.0 Å². The molecule has 8 heteroatoms. The van der Waals surface area contributed by atoms with Crippen LogP contribution < -0.4 is 0 Å². The number of aliphatic hydroxyl groups is 2. The van der Waals surface area contributed by atoms with Gasteiger partial charge in [0.1, 0.15) is 0 Å². The van der Waals surface area contributed by atoms with Crippen LogP contribution in [0.2, 0.25) is 0 Å². The van der Waals surface area contributed by atoms with Crippen molar-refractivity contribution in [2.75, 3.05) is 13.2 Å². The van der Waals surface area contributed by atoms with E-state index < -0.39 is 24.5 Å². The number of hydrogen-bond donors (Lipinski definition) is 2. The monoisotopic (exact) mass is 646 g/mol. The number of rotatable bonds is 14. The van der Waals surface area contributed by atoms with Crippen LogP contribution in [0.15, 0.2) is 48.5 Å². The maximum absolute atomic E-state index is 14.3. The smallest absolute Gasteiger partial charge is 0.261 e. The third-order valence-corrected chi connectivity index (χ3v) is 10.5. The molecule has 1 unspecified atom stereocenters. The number of carbonyl (C=O) groups is 4. The largest absolute Gasteiger partial charge is 0.394 e. The highest BCUT2D eigenvalue weighted by Gasteiger charge is 2.39. The van der Waals surface area contributed by atoms with Crippen LogP contribution in [-0.2, 0) is 0 Å². The van der Waals surface area contributed by atoms with Gasteiger partial charge in [0.25, 0.3) is 23.6 Å². The molecule has 0 bridgehead atoms. The molecule has 0 radical (unpaired) electrons. The average molecular weight is 647 g/mol. The van der Waals surface area contributed by atoms with Crippen molar-refractivity contribution in [1.82, 2.24) is 9.80 Å². The second-order valence-electron chi connectivity index (χ2n) is 13.5. The molecule has 0 aromatic heterocycles. The first-order chi connectivity index (χ1) is 23.3. The number of carbonyl (C=O) groups excluding carboxylic acids is 4. The Balaban J connectivity index is 1.36. The topological polar surface area (TPSA) is 115 Å². The van der Waals surface area contributed by atoms with Gasteiger partial charge in [-0.25, -0.2) is 0 Å². The van der Waals surface area contributed by atoms with Gasteiger partial charge in [-0.2, -0.15) is 0 Å². The number of β-amino-alcohol motifs (C(OH)–C–C–N with tert-alkyl or cyclic N) is 1. The van der Waals surface area contributed by atoms with Gasteiger partial charge in [0, 0.05) is 39.1 Å². The normalized spacial score (nSPS) is 15.4. The second kappa shape index (κ2) is 12.9. The molecule has 0 saturated carbocycles. The van der Waals surface area contributed by atoms with Crippen molar-refractivity contribution in [3.8, 4) is 0 Å². The number of imide groups is 2. The molecule has 7 rings (SSSR count). The fraction of sp³-hybridized carbons (Fsp3) is 0.400. The Morgan fingerprint density at radius 2 is 0.938 bits per heavy atom. The van der Waals surface area contributed by atoms with Crippen LogP contribution in [0.4, 0.5) is 0 Å². The van der Waals surface area contributed by atoms with Crippen molar-refractivity contribution in [2.24, 2.45) is 0 Å². The van der Waals surface area contributed by atoms with Crippen molar-refractivity contribution in [1.29, 1.82) is 0 Å². The number of hydrogen-bond acceptors (Lipinski definition) is 6. The molecule has 4 amide bonds. The molecular weight excluding hydrogens is 604 g/mol. The maximum Gasteiger partial charge on any atom is 0.261 e. The van der Waals surface area contributed by atoms with Gasteiger partial charge < -0.3 is 10.2 Å². The predicted molar refractivity (Wildman–Crippen MR) is 188 cm³/mol. The summed E-state index contributed by atoms with van der Waals surface area (Å²) >= 11 is 0. The van der Waals surface area contributed by atoms with Gasteiger partial charge in [-0.15, -0.1) is 0 Å². The van der Waals surface area contributed by atoms with Crippen LogP contribution in [-0.4, -0.2) is 68.9 Å². The van der Waals surface area contributed by atoms with E-state index in [4.69, 9.17) is 0 Å². The van der Waals surface area contributed by atoms with Gasteiger partial charge in [0.2, 0.25) is 0 Å². The van der Waals surface area contributed by atoms with Gasteiger partial charge in [-0.05, 0) is 69.4 Å². The lowest BCUT2D eigenvalue weighted by Crippen LogP contribution is -2.47. The Kier molecular flexibility index (Phi) is 8.64. The fourth-order valence-electron chi connectivity index (χ4n) is 8.12. The molecule has 48 heavy (non-hydrogen) atoms. The molecule has 8 nitrogen and oxygen atoms in total. The summed E-state index contributed by atoms with van der Waals surface area (Å²) in [5.41, 5.74) is 1.79. The van der Waals surface area contributed by atoms with Crippen LogP contribution in [0.1, 0.15) is 119 Å². The Morgan fingerprint density at radius 1 is 0.542 bits per heavy atom. The van der Waals surface area contributed by atoms with Gasteiger partial charge in [-0.3, -0.25) is 29.0 Å². The van der Waals surface area contributed by atoms with Crippen molar-refractivity contribution < 1.29 is 29.4 Å². The average Bonchev–Trinajstić information content (AvgIpc) is 3.10. The van der Waals surface area contributed by atoms with Crippen molar-refractivity contribution in [2.45, 2.75) is 90.2 Å². The minimum atomic E-state index is -1.24. The van der Waals surface area contributed by atoms with E-state index in [2.05, 4.69) is 13.8 Å². The number of fused-ring (bicyclic) bond motifs is 2. The fourth-order valence-corrected chi connectivity index (χ4v) is 8.12. The standard InChI is InChI=1S/C40H42N2O6/c1-3-5-7-9-11-23(12-10-8-6-4-2)42-39(47)31-19-15-27-25-13-17-29-35-30(38(46)41(37(29)45)21-24(44)22-43)18-14-26(33(25)35)28-16-20-32(40(42)48)36(31)34(27)28/h13-20,23-24,43-44H,3-12,21-22H2,1-2H3. The van der Waals surface area contributed by atoms with Gasteiger partial charge >= 0.3 is 0 Å². The summed E-state index contributed by atoms with van der Waals surface area (Å²) in [6.07, 6.45) is 9.07. The first kappa shape index (κ1) is 32.2. The van der Waals surface area contributed by atoms with Crippen molar-refractivity contribution in [3.63, 3.8) is 0 Å². The summed E-state index contributed by atoms with van der Waals surface area (Å²) in [6, 6.07) is 14.6. The molecule has 0 spiro atoms. The van der Waals surface area contributed by atoms with E-state index in [0.717, 1.165) is 101 Å². The molecule has 248 valence electrons. The molecule has 0 fully saturated rings. The molecular formula is C40H42N2O6. The summed E-state index contributed by atoms with van der Waals surface area (Å²) < 4.78 is 0. The molecule has 0 saturated heterocycles. The van der Waals surface area contributed by atoms with E-state index >= 15 is 0 Å². The number of nitrogens with zero attached hydrogens (tertiary/aromatic N) is 2. The highest BCUT2D eigenvalue weighted by Crippen LogP contribution is 2.46. The molecule has 0 aliphatic carbocycles. The van der Waals surface area contributed by atoms with Gasteiger partial charge in [0.15, 0.2) is 0 Å². The third kappa shape index (κ3) is 4.96. The number of amides is 4. The molecule has 2 heterocycles. The SMILES string of the molecule is CCCCCCC(CCCCCC)N1C(=O)c2ccc3c4ccc5c6c(ccc(c7ccc(c2c37)C1=O)c64)C(=O)N(CC(O)CO)C5=O. The van der Waals surface area contributed by atoms with E-state index in [1.165, 1.54) is 0 Å². The highest BCUT2D eigenvalue weighted by molar-refractivity contribution is 6.41. The maximum atomic E-state index is 14.3. The van der Waals surface area contributed by atoms with Crippen LogP contribution in [0.5, 0.6) is 0 Å². The van der Waals surface area contributed by atoms with E-state index in [-0.39, 0.29) is 24.4 Å². The molecule has 2 aliphatic heterocycles. The second-order valence-corrected chi connectivity index (χ2v) is 13.5. The summed E-state index contributed by atoms with van der Waals surface area (Å²) in [5, 5.41) is 25.6. The minimum absolute atomic E-state index is 0.140. The number of unbranched alkanes of at least 4 members (excludes halogenated alkanes) is 6. The van der Waals surface area contributed by atoms with Crippen LogP contribution >= 0.6 is 0 Å². The third-order valence-electron chi connectivity index (χ3n) is 10.5. The lowest BCUT2D eigenvalue weighted by Gasteiger charge is -2.35. The van der Waals surface area contributed by atoms with Gasteiger partial charge in [0.05, 0.1) is 19.3 Å². The predicted octanol–water partition coefficient (Wildman–Crippen LogP) is 7.59. The lowest BCUT2D eigenvalue weighted by molar-refractivity contribution is 0.0390. The number of benzene rings is 5. The summed E-state index contributed by atoms with van der Waals surface area (Å²) in [7, 11) is 0. The van der Waals surface area contributed by atoms with E-state index in [9.17, 15) is 29.4 Å². The van der Waals surface area contributed by atoms with Crippen molar-refractivity contribution >= 4 is 66.7 Å². The molecule has 5 aromatic rings. The zero-order valence-electron chi connectivity index (χ0n) is 27.7.